The number of hydrogen-bond donors (Lipinski definition) is 1. The minimum absolute atomic E-state index is 0.00545. The summed E-state index contributed by atoms with van der Waals surface area (Å²) in [6.07, 6.45) is 0.0632. The largest absolute Gasteiger partial charge is 0.465 e. The van der Waals surface area contributed by atoms with Crippen LogP contribution in [0.15, 0.2) is 47.3 Å². The van der Waals surface area contributed by atoms with Crippen LogP contribution in [0.3, 0.4) is 0 Å². The van der Waals surface area contributed by atoms with Gasteiger partial charge in [-0.3, -0.25) is 15.0 Å². The summed E-state index contributed by atoms with van der Waals surface area (Å²) in [7, 11) is -4.54. The molecular weight excluding hydrogens is 424 g/mol. The van der Waals surface area contributed by atoms with Gasteiger partial charge < -0.3 is 10.0 Å². The van der Waals surface area contributed by atoms with Crippen LogP contribution in [0.2, 0.25) is 0 Å². The fourth-order valence-electron chi connectivity index (χ4n) is 2.89. The van der Waals surface area contributed by atoms with Crippen molar-refractivity contribution in [2.24, 2.45) is 0 Å². The van der Waals surface area contributed by atoms with Crippen LogP contribution in [0.4, 0.5) is 10.5 Å². The van der Waals surface area contributed by atoms with Crippen LogP contribution in [-0.4, -0.2) is 52.0 Å². The number of nitro groups is 1. The lowest BCUT2D eigenvalue weighted by molar-refractivity contribution is -0.388. The van der Waals surface area contributed by atoms with E-state index in [0.29, 0.717) is 15.0 Å². The molecule has 0 spiro atoms. The topological polar surface area (TPSA) is 143 Å². The predicted octanol–water partition coefficient (Wildman–Crippen LogP) is 2.39. The summed E-state index contributed by atoms with van der Waals surface area (Å²) in [6, 6.07) is 3.81. The number of nitro benzene ring substituents is 1. The zero-order valence-electron chi connectivity index (χ0n) is 14.9. The van der Waals surface area contributed by atoms with E-state index in [1.165, 1.54) is 23.7 Å². The fraction of sp³-hybridized carbons (Fsp3) is 0.250. The molecule has 0 bridgehead atoms. The summed E-state index contributed by atoms with van der Waals surface area (Å²) in [6.45, 7) is 3.06. The third-order valence-electron chi connectivity index (χ3n) is 4.13. The third-order valence-corrected chi connectivity index (χ3v) is 6.84. The lowest BCUT2D eigenvalue weighted by Gasteiger charge is -2.35. The summed E-state index contributed by atoms with van der Waals surface area (Å²) >= 11 is 1.15. The standard InChI is InChI=1S/C16H16N4O7S2/c1-2-7-27-20(29(25,26)14-6-4-3-5-12(14)19(23)24)13-9-18(16(21)22)8-11-15(13)28-10-17-11/h2-6,10,13H,1,7-9H2,(H,21,22). The number of aromatic nitrogens is 1. The van der Waals surface area contributed by atoms with Gasteiger partial charge in [-0.1, -0.05) is 22.7 Å². The van der Waals surface area contributed by atoms with Crippen molar-refractivity contribution in [1.82, 2.24) is 14.4 Å². The van der Waals surface area contributed by atoms with E-state index in [1.807, 2.05) is 0 Å². The number of benzene rings is 1. The normalized spacial score (nSPS) is 16.4. The smallest absolute Gasteiger partial charge is 0.407 e. The Hall–Kier alpha value is -2.87. The van der Waals surface area contributed by atoms with E-state index in [1.54, 1.807) is 0 Å². The van der Waals surface area contributed by atoms with Crippen molar-refractivity contribution < 1.29 is 28.1 Å². The van der Waals surface area contributed by atoms with Crippen LogP contribution in [-0.2, 0) is 21.4 Å². The number of hydrogen-bond acceptors (Lipinski definition) is 8. The van der Waals surface area contributed by atoms with Gasteiger partial charge in [0.2, 0.25) is 0 Å². The Morgan fingerprint density at radius 2 is 2.24 bits per heavy atom. The van der Waals surface area contributed by atoms with Crippen molar-refractivity contribution in [3.05, 3.63) is 63.1 Å². The molecular formula is C16H16N4O7S2. The van der Waals surface area contributed by atoms with Crippen molar-refractivity contribution in [2.75, 3.05) is 13.2 Å². The number of nitrogens with zero attached hydrogens (tertiary/aromatic N) is 4. The van der Waals surface area contributed by atoms with Crippen LogP contribution >= 0.6 is 11.3 Å². The van der Waals surface area contributed by atoms with E-state index in [9.17, 15) is 28.4 Å². The number of sulfonamides is 1. The molecule has 3 rings (SSSR count). The van der Waals surface area contributed by atoms with Gasteiger partial charge in [-0.25, -0.2) is 18.2 Å². The zero-order chi connectivity index (χ0) is 21.2. The molecule has 2 heterocycles. The van der Waals surface area contributed by atoms with E-state index in [4.69, 9.17) is 4.84 Å². The highest BCUT2D eigenvalue weighted by Gasteiger charge is 2.43. The molecule has 0 fully saturated rings. The molecule has 13 heteroatoms. The summed E-state index contributed by atoms with van der Waals surface area (Å²) < 4.78 is 27.3. The molecule has 0 saturated heterocycles. The fourth-order valence-corrected chi connectivity index (χ4v) is 5.39. The molecule has 1 aliphatic heterocycles. The van der Waals surface area contributed by atoms with Gasteiger partial charge in [-0.2, -0.15) is 0 Å². The average molecular weight is 440 g/mol. The lowest BCUT2D eigenvalue weighted by atomic mass is 10.1. The molecule has 0 aliphatic carbocycles. The van der Waals surface area contributed by atoms with Crippen LogP contribution < -0.4 is 0 Å². The van der Waals surface area contributed by atoms with E-state index >= 15 is 0 Å². The number of carboxylic acid groups (broad SMARTS) is 1. The summed E-state index contributed by atoms with van der Waals surface area (Å²) in [5.41, 5.74) is 1.26. The van der Waals surface area contributed by atoms with Gasteiger partial charge in [-0.05, 0) is 6.07 Å². The first-order valence-corrected chi connectivity index (χ1v) is 10.5. The van der Waals surface area contributed by atoms with Crippen LogP contribution in [0, 0.1) is 10.1 Å². The number of para-hydroxylation sites is 1. The summed E-state index contributed by atoms with van der Waals surface area (Å²) in [5, 5.41) is 20.8. The van der Waals surface area contributed by atoms with Gasteiger partial charge in [0.05, 0.1) is 34.2 Å². The maximum Gasteiger partial charge on any atom is 0.407 e. The first kappa shape index (κ1) is 20.9. The Morgan fingerprint density at radius 1 is 1.52 bits per heavy atom. The monoisotopic (exact) mass is 440 g/mol. The summed E-state index contributed by atoms with van der Waals surface area (Å²) in [5.74, 6) is 0. The molecule has 2 aromatic rings. The molecule has 11 nitrogen and oxygen atoms in total. The molecule has 1 aromatic heterocycles. The Morgan fingerprint density at radius 3 is 2.90 bits per heavy atom. The first-order chi connectivity index (χ1) is 13.8. The van der Waals surface area contributed by atoms with Gasteiger partial charge in [0, 0.05) is 12.6 Å². The number of hydroxylamine groups is 1. The number of rotatable bonds is 7. The number of amides is 1. The van der Waals surface area contributed by atoms with Gasteiger partial charge in [-0.15, -0.1) is 17.9 Å². The SMILES string of the molecule is C=CCON(C1CN(C(=O)O)Cc2ncsc21)S(=O)(=O)c1ccccc1[N+](=O)[O-]. The zero-order valence-corrected chi connectivity index (χ0v) is 16.5. The van der Waals surface area contributed by atoms with Crippen molar-refractivity contribution in [3.63, 3.8) is 0 Å². The second-order valence-corrected chi connectivity index (χ2v) is 8.55. The molecule has 1 amide bonds. The van der Waals surface area contributed by atoms with E-state index in [-0.39, 0.29) is 19.7 Å². The highest BCUT2D eigenvalue weighted by Crippen LogP contribution is 2.38. The Labute approximate surface area is 169 Å². The first-order valence-electron chi connectivity index (χ1n) is 8.19. The maximum atomic E-state index is 13.4. The quantitative estimate of drug-likeness (QED) is 0.393. The molecule has 29 heavy (non-hydrogen) atoms. The highest BCUT2D eigenvalue weighted by molar-refractivity contribution is 7.89. The van der Waals surface area contributed by atoms with Gasteiger partial charge in [0.1, 0.15) is 6.04 Å². The van der Waals surface area contributed by atoms with Gasteiger partial charge in [0.15, 0.2) is 4.90 Å². The van der Waals surface area contributed by atoms with E-state index < -0.39 is 37.7 Å². The van der Waals surface area contributed by atoms with E-state index in [0.717, 1.165) is 28.4 Å². The van der Waals surface area contributed by atoms with Crippen molar-refractivity contribution in [2.45, 2.75) is 17.5 Å². The van der Waals surface area contributed by atoms with Crippen molar-refractivity contribution >= 4 is 33.1 Å². The second kappa shape index (κ2) is 8.24. The molecule has 1 aliphatic rings. The van der Waals surface area contributed by atoms with Crippen LogP contribution in [0.1, 0.15) is 16.6 Å². The maximum absolute atomic E-state index is 13.4. The number of fused-ring (bicyclic) bond motifs is 1. The lowest BCUT2D eigenvalue weighted by Crippen LogP contribution is -2.45. The molecule has 0 saturated carbocycles. The molecule has 0 radical (unpaired) electrons. The van der Waals surface area contributed by atoms with Gasteiger partial charge in [0.25, 0.3) is 15.7 Å². The molecule has 1 N–H and O–H groups in total. The minimum Gasteiger partial charge on any atom is -0.465 e. The Balaban J connectivity index is 2.13. The predicted molar refractivity (Wildman–Crippen MR) is 102 cm³/mol. The molecule has 1 unspecified atom stereocenters. The number of carbonyl (C=O) groups is 1. The van der Waals surface area contributed by atoms with Crippen molar-refractivity contribution in [3.8, 4) is 0 Å². The van der Waals surface area contributed by atoms with Crippen molar-refractivity contribution in [1.29, 1.82) is 0 Å². The number of thiazole rings is 1. The highest BCUT2D eigenvalue weighted by atomic mass is 32.2. The third kappa shape index (κ3) is 3.98. The van der Waals surface area contributed by atoms with Gasteiger partial charge >= 0.3 is 6.09 Å². The second-order valence-electron chi connectivity index (χ2n) is 5.91. The minimum atomic E-state index is -4.54. The van der Waals surface area contributed by atoms with Crippen LogP contribution in [0.5, 0.6) is 0 Å². The summed E-state index contributed by atoms with van der Waals surface area (Å²) in [4.78, 5) is 32.5. The molecule has 154 valence electrons. The van der Waals surface area contributed by atoms with Crippen LogP contribution in [0.25, 0.3) is 0 Å². The average Bonchev–Trinajstić information content (AvgIpc) is 3.16. The Bertz CT molecular complexity index is 1050. The molecule has 1 aromatic carbocycles. The molecule has 1 atom stereocenters. The van der Waals surface area contributed by atoms with E-state index in [2.05, 4.69) is 11.6 Å². The Kier molecular flexibility index (Phi) is 5.93.